The number of hydrogen-bond acceptors (Lipinski definition) is 8. The smallest absolute Gasteiger partial charge is 0.311 e. The van der Waals surface area contributed by atoms with Crippen molar-refractivity contribution in [1.82, 2.24) is 14.7 Å². The number of carbonyl (C=O) groups is 1. The first-order valence-electron chi connectivity index (χ1n) is 21.8. The summed E-state index contributed by atoms with van der Waals surface area (Å²) in [6.07, 6.45) is 6.22. The third kappa shape index (κ3) is 12.0. The van der Waals surface area contributed by atoms with Crippen LogP contribution in [-0.2, 0) is 27.1 Å². The zero-order chi connectivity index (χ0) is 41.7. The zero-order valence-electron chi connectivity index (χ0n) is 35.1. The molecule has 3 heterocycles. The minimum Gasteiger partial charge on any atom is -0.465 e. The van der Waals surface area contributed by atoms with Crippen LogP contribution in [0.25, 0.3) is 0 Å². The highest BCUT2D eigenvalue weighted by Crippen LogP contribution is 2.46. The monoisotopic (exact) mass is 827 g/mol. The molecule has 3 aliphatic rings. The summed E-state index contributed by atoms with van der Waals surface area (Å²) < 4.78 is 12.2. The van der Waals surface area contributed by atoms with Crippen molar-refractivity contribution in [1.29, 1.82) is 0 Å². The number of aryl methyl sites for hydroxylation is 1. The minimum absolute atomic E-state index is 0.00738. The molecule has 8 rings (SSSR count). The number of hydrogen-bond donors (Lipinski definition) is 2. The highest BCUT2D eigenvalue weighted by Gasteiger charge is 2.49. The Morgan fingerprint density at radius 2 is 1.23 bits per heavy atom. The Kier molecular flexibility index (Phi) is 15.7. The van der Waals surface area contributed by atoms with Crippen molar-refractivity contribution in [3.8, 4) is 0 Å². The number of nitrogen functional groups attached to an aromatic ring is 2. The molecule has 3 fully saturated rings. The van der Waals surface area contributed by atoms with Gasteiger partial charge in [-0.05, 0) is 110 Å². The molecule has 0 aromatic heterocycles. The number of esters is 1. The third-order valence-electron chi connectivity index (χ3n) is 12.7. The molecule has 5 aromatic rings. The number of benzene rings is 5. The Balaban J connectivity index is 0.000000183. The Labute approximate surface area is 362 Å². The van der Waals surface area contributed by atoms with Gasteiger partial charge in [-0.25, -0.2) is 0 Å². The molecule has 0 aliphatic carbocycles. The van der Waals surface area contributed by atoms with Gasteiger partial charge >= 0.3 is 5.97 Å². The van der Waals surface area contributed by atoms with Crippen molar-refractivity contribution in [2.24, 2.45) is 5.92 Å². The number of nitrogens with zero attached hydrogens (tertiary/aromatic N) is 3. The zero-order valence-corrected chi connectivity index (χ0v) is 35.8. The highest BCUT2D eigenvalue weighted by atomic mass is 35.5. The van der Waals surface area contributed by atoms with Gasteiger partial charge in [-0.1, -0.05) is 109 Å². The fourth-order valence-electron chi connectivity index (χ4n) is 9.26. The van der Waals surface area contributed by atoms with Gasteiger partial charge in [-0.15, -0.1) is 0 Å². The molecule has 60 heavy (non-hydrogen) atoms. The summed E-state index contributed by atoms with van der Waals surface area (Å²) in [5, 5.41) is 0.724. The second kappa shape index (κ2) is 21.7. The number of piperidine rings is 1. The molecule has 9 heteroatoms. The molecule has 0 spiro atoms. The largest absolute Gasteiger partial charge is 0.465 e. The topological polar surface area (TPSA) is 97.3 Å². The number of rotatable bonds is 15. The van der Waals surface area contributed by atoms with Gasteiger partial charge < -0.3 is 25.8 Å². The summed E-state index contributed by atoms with van der Waals surface area (Å²) in [4.78, 5) is 20.6. The molecule has 2 unspecified atom stereocenters. The first kappa shape index (κ1) is 43.4. The predicted molar refractivity (Wildman–Crippen MR) is 245 cm³/mol. The van der Waals surface area contributed by atoms with Gasteiger partial charge in [-0.2, -0.15) is 0 Å². The average Bonchev–Trinajstić information content (AvgIpc) is 3.50. The van der Waals surface area contributed by atoms with Crippen LogP contribution >= 0.6 is 11.6 Å². The van der Waals surface area contributed by atoms with Crippen molar-refractivity contribution in [3.63, 3.8) is 0 Å². The molecule has 8 nitrogen and oxygen atoms in total. The molecule has 0 amide bonds. The average molecular weight is 829 g/mol. The summed E-state index contributed by atoms with van der Waals surface area (Å²) in [6.45, 7) is 7.80. The summed E-state index contributed by atoms with van der Waals surface area (Å²) in [6, 6.07) is 45.8. The molecule has 3 saturated heterocycles. The van der Waals surface area contributed by atoms with Crippen LogP contribution in [0.15, 0.2) is 133 Å². The number of fused-ring (bicyclic) bond motifs is 2. The van der Waals surface area contributed by atoms with E-state index in [1.165, 1.54) is 35.2 Å². The maximum absolute atomic E-state index is 13.1. The number of carbonyl (C=O) groups excluding carboxylic acids is 1. The lowest BCUT2D eigenvalue weighted by molar-refractivity contribution is -0.153. The molecule has 316 valence electrons. The maximum atomic E-state index is 13.1. The van der Waals surface area contributed by atoms with Crippen molar-refractivity contribution in [2.45, 2.75) is 62.6 Å². The quantitative estimate of drug-likeness (QED) is 0.0799. The van der Waals surface area contributed by atoms with E-state index in [0.29, 0.717) is 19.1 Å². The van der Waals surface area contributed by atoms with Crippen LogP contribution in [0.5, 0.6) is 0 Å². The van der Waals surface area contributed by atoms with Gasteiger partial charge in [0.15, 0.2) is 0 Å². The first-order valence-corrected chi connectivity index (χ1v) is 22.2. The molecular formula is C51H62ClN5O3. The van der Waals surface area contributed by atoms with Crippen LogP contribution in [0.3, 0.4) is 0 Å². The summed E-state index contributed by atoms with van der Waals surface area (Å²) in [5.74, 6) is -0.0149. The molecular weight excluding hydrogens is 766 g/mol. The molecule has 0 radical (unpaired) electrons. The van der Waals surface area contributed by atoms with E-state index in [9.17, 15) is 4.79 Å². The first-order chi connectivity index (χ1) is 29.3. The fraction of sp³-hybridized carbons (Fsp3) is 0.392. The molecule has 2 bridgehead atoms. The van der Waals surface area contributed by atoms with E-state index >= 15 is 0 Å². The van der Waals surface area contributed by atoms with E-state index in [1.54, 1.807) is 0 Å². The SMILES string of the molecule is CN1C2CC[C@@H]1C[C@H](c1ccc(Cl)cc1)C2C(=O)OCCc1ccc(N)cc1.Nc1ccc(CCCN2CCN(CCOC(c3ccccc3)c3ccccc3)CC2)cc1. The second-order valence-electron chi connectivity index (χ2n) is 16.6. The van der Waals surface area contributed by atoms with Crippen LogP contribution in [0.2, 0.25) is 5.02 Å². The molecule has 0 saturated carbocycles. The molecule has 4 N–H and O–H groups in total. The standard InChI is InChI=1S/C28H35N3O.C23H27ClN2O2/c29-27-15-13-24(14-16-27)8-7-17-30-18-20-31(21-19-30)22-23-32-28(25-9-3-1-4-10-25)26-11-5-2-6-12-26;1-26-19-10-11-21(26)22(20(14-19)16-4-6-17(24)7-5-16)23(27)28-13-12-15-2-8-18(25)9-3-15/h1-6,9-16,28H,7-8,17-23,29H2;2-9,19-22H,10-14,25H2,1H3/t;19-,20-,21?,22?/m.1/s1. The van der Waals surface area contributed by atoms with Gasteiger partial charge in [0.1, 0.15) is 6.10 Å². The van der Waals surface area contributed by atoms with E-state index in [-0.39, 0.29) is 30.0 Å². The second-order valence-corrected chi connectivity index (χ2v) is 17.1. The molecule has 5 aromatic carbocycles. The number of halogens is 1. The van der Waals surface area contributed by atoms with Gasteiger partial charge in [0, 0.05) is 73.5 Å². The van der Waals surface area contributed by atoms with Crippen LogP contribution in [0.1, 0.15) is 65.5 Å². The highest BCUT2D eigenvalue weighted by molar-refractivity contribution is 6.30. The van der Waals surface area contributed by atoms with Crippen molar-refractivity contribution in [3.05, 3.63) is 166 Å². The maximum Gasteiger partial charge on any atom is 0.311 e. The van der Waals surface area contributed by atoms with Crippen LogP contribution in [0.4, 0.5) is 11.4 Å². The molecule has 4 atom stereocenters. The number of anilines is 2. The van der Waals surface area contributed by atoms with Crippen molar-refractivity contribution >= 4 is 28.9 Å². The van der Waals surface area contributed by atoms with Gasteiger partial charge in [0.25, 0.3) is 0 Å². The molecule has 3 aliphatic heterocycles. The summed E-state index contributed by atoms with van der Waals surface area (Å²) >= 11 is 6.07. The summed E-state index contributed by atoms with van der Waals surface area (Å²) in [7, 11) is 2.15. The third-order valence-corrected chi connectivity index (χ3v) is 13.0. The van der Waals surface area contributed by atoms with E-state index in [2.05, 4.69) is 107 Å². The minimum atomic E-state index is -0.128. The van der Waals surface area contributed by atoms with Gasteiger partial charge in [-0.3, -0.25) is 14.6 Å². The Morgan fingerprint density at radius 3 is 1.82 bits per heavy atom. The van der Waals surface area contributed by atoms with Crippen LogP contribution < -0.4 is 11.5 Å². The number of ether oxygens (including phenoxy) is 2. The van der Waals surface area contributed by atoms with Crippen LogP contribution in [-0.4, -0.2) is 92.3 Å². The number of nitrogens with two attached hydrogens (primary N) is 2. The lowest BCUT2D eigenvalue weighted by Crippen LogP contribution is -2.49. The van der Waals surface area contributed by atoms with Gasteiger partial charge in [0.05, 0.1) is 19.1 Å². The predicted octanol–water partition coefficient (Wildman–Crippen LogP) is 8.90. The summed E-state index contributed by atoms with van der Waals surface area (Å²) in [5.41, 5.74) is 19.2. The fourth-order valence-corrected chi connectivity index (χ4v) is 9.38. The van der Waals surface area contributed by atoms with E-state index < -0.39 is 0 Å². The van der Waals surface area contributed by atoms with E-state index in [0.717, 1.165) is 87.0 Å². The van der Waals surface area contributed by atoms with E-state index in [4.69, 9.17) is 32.5 Å². The van der Waals surface area contributed by atoms with E-state index in [1.807, 2.05) is 48.5 Å². The Morgan fingerprint density at radius 1 is 0.683 bits per heavy atom. The van der Waals surface area contributed by atoms with Gasteiger partial charge in [0.2, 0.25) is 0 Å². The Hall–Kier alpha value is -4.70. The lowest BCUT2D eigenvalue weighted by Gasteiger charge is -2.42. The van der Waals surface area contributed by atoms with Crippen molar-refractivity contribution in [2.75, 3.05) is 71.0 Å². The number of piperazine rings is 1. The lowest BCUT2D eigenvalue weighted by atomic mass is 9.76. The van der Waals surface area contributed by atoms with Crippen LogP contribution in [0, 0.1) is 5.92 Å². The van der Waals surface area contributed by atoms with Crippen molar-refractivity contribution < 1.29 is 14.3 Å². The Bertz CT molecular complexity index is 1990. The normalized spacial score (nSPS) is 20.7.